The molecule has 1 aromatic carbocycles. The van der Waals surface area contributed by atoms with Gasteiger partial charge in [-0.25, -0.2) is 0 Å². The summed E-state index contributed by atoms with van der Waals surface area (Å²) in [7, 11) is -1.08. The number of aromatic hydroxyl groups is 1. The molecule has 0 aliphatic carbocycles. The Kier molecular flexibility index (Phi) is 2.74. The molecule has 0 amide bonds. The molecule has 66 valence electrons. The second kappa shape index (κ2) is 3.45. The van der Waals surface area contributed by atoms with Crippen molar-refractivity contribution in [3.05, 3.63) is 16.6 Å². The van der Waals surface area contributed by atoms with E-state index in [2.05, 4.69) is 15.9 Å². The standard InChI is InChI=1S/C7H8BrNO2S/c1-12(11)4-2-5(8)7(10)6(9)3-4/h2-3,10H,9H2,1H3. The lowest BCUT2D eigenvalue weighted by molar-refractivity contribution is 0.474. The third kappa shape index (κ3) is 1.78. The van der Waals surface area contributed by atoms with Gasteiger partial charge >= 0.3 is 0 Å². The molecule has 1 aromatic rings. The fourth-order valence-electron chi connectivity index (χ4n) is 0.760. The Bertz CT molecular complexity index is 317. The van der Waals surface area contributed by atoms with Crippen LogP contribution in [0.3, 0.4) is 0 Å². The fraction of sp³-hybridized carbons (Fsp3) is 0.143. The topological polar surface area (TPSA) is 63.3 Å². The van der Waals surface area contributed by atoms with Gasteiger partial charge in [-0.15, -0.1) is 0 Å². The summed E-state index contributed by atoms with van der Waals surface area (Å²) >= 11 is 3.10. The highest BCUT2D eigenvalue weighted by atomic mass is 79.9. The minimum atomic E-state index is -1.08. The Hall–Kier alpha value is -0.550. The molecular weight excluding hydrogens is 242 g/mol. The van der Waals surface area contributed by atoms with Crippen molar-refractivity contribution in [1.29, 1.82) is 0 Å². The van der Waals surface area contributed by atoms with Gasteiger partial charge in [-0.2, -0.15) is 0 Å². The number of rotatable bonds is 1. The first-order valence-electron chi connectivity index (χ1n) is 3.14. The van der Waals surface area contributed by atoms with E-state index in [-0.39, 0.29) is 11.4 Å². The first-order chi connectivity index (χ1) is 5.52. The molecule has 0 spiro atoms. The minimum Gasteiger partial charge on any atom is -0.505 e. The average molecular weight is 250 g/mol. The van der Waals surface area contributed by atoms with Crippen LogP contribution in [0.2, 0.25) is 0 Å². The first-order valence-corrected chi connectivity index (χ1v) is 5.49. The third-order valence-corrected chi connectivity index (χ3v) is 2.90. The largest absolute Gasteiger partial charge is 0.505 e. The molecule has 3 nitrogen and oxygen atoms in total. The quantitative estimate of drug-likeness (QED) is 0.586. The molecule has 12 heavy (non-hydrogen) atoms. The number of benzene rings is 1. The van der Waals surface area contributed by atoms with Crippen molar-refractivity contribution >= 4 is 32.4 Å². The molecule has 0 radical (unpaired) electrons. The number of hydrogen-bond acceptors (Lipinski definition) is 3. The number of halogens is 1. The highest BCUT2D eigenvalue weighted by Crippen LogP contribution is 2.32. The molecule has 5 heteroatoms. The van der Waals surface area contributed by atoms with E-state index in [0.717, 1.165) is 0 Å². The van der Waals surface area contributed by atoms with E-state index in [1.807, 2.05) is 0 Å². The Morgan fingerprint density at radius 2 is 2.17 bits per heavy atom. The molecule has 1 rings (SSSR count). The summed E-state index contributed by atoms with van der Waals surface area (Å²) in [6.45, 7) is 0. The summed E-state index contributed by atoms with van der Waals surface area (Å²) < 4.78 is 11.5. The number of phenolic OH excluding ortho intramolecular Hbond substituents is 1. The van der Waals surface area contributed by atoms with Crippen LogP contribution in [-0.2, 0) is 10.8 Å². The van der Waals surface area contributed by atoms with Crippen molar-refractivity contribution in [2.24, 2.45) is 0 Å². The van der Waals surface area contributed by atoms with Gasteiger partial charge in [0, 0.05) is 22.0 Å². The zero-order chi connectivity index (χ0) is 9.30. The van der Waals surface area contributed by atoms with Crippen molar-refractivity contribution in [2.75, 3.05) is 12.0 Å². The number of nitrogen functional groups attached to an aromatic ring is 1. The zero-order valence-corrected chi connectivity index (χ0v) is 8.78. The predicted octanol–water partition coefficient (Wildman–Crippen LogP) is 1.47. The van der Waals surface area contributed by atoms with E-state index in [0.29, 0.717) is 9.37 Å². The maximum atomic E-state index is 11.0. The van der Waals surface area contributed by atoms with Crippen LogP contribution in [0.1, 0.15) is 0 Å². The summed E-state index contributed by atoms with van der Waals surface area (Å²) in [5.74, 6) is -0.01000. The molecule has 3 N–H and O–H groups in total. The lowest BCUT2D eigenvalue weighted by atomic mass is 10.3. The molecule has 0 saturated carbocycles. The molecule has 0 saturated heterocycles. The summed E-state index contributed by atoms with van der Waals surface area (Å²) in [4.78, 5) is 0.595. The Balaban J connectivity index is 3.31. The van der Waals surface area contributed by atoms with E-state index in [9.17, 15) is 9.32 Å². The highest BCUT2D eigenvalue weighted by molar-refractivity contribution is 9.10. The van der Waals surface area contributed by atoms with Gasteiger partial charge < -0.3 is 10.8 Å². The van der Waals surface area contributed by atoms with Crippen LogP contribution in [0.5, 0.6) is 5.75 Å². The van der Waals surface area contributed by atoms with Crippen LogP contribution >= 0.6 is 15.9 Å². The average Bonchev–Trinajstić information content (AvgIpc) is 1.99. The smallest absolute Gasteiger partial charge is 0.152 e. The van der Waals surface area contributed by atoms with Gasteiger partial charge in [0.2, 0.25) is 0 Å². The van der Waals surface area contributed by atoms with Crippen molar-refractivity contribution in [1.82, 2.24) is 0 Å². The van der Waals surface area contributed by atoms with E-state index >= 15 is 0 Å². The molecule has 0 aromatic heterocycles. The van der Waals surface area contributed by atoms with Gasteiger partial charge in [-0.05, 0) is 28.1 Å². The van der Waals surface area contributed by atoms with Gasteiger partial charge in [-0.1, -0.05) is 0 Å². The summed E-state index contributed by atoms with van der Waals surface area (Å²) in [5.41, 5.74) is 5.68. The summed E-state index contributed by atoms with van der Waals surface area (Å²) in [6.07, 6.45) is 1.55. The molecule has 0 aliphatic rings. The van der Waals surface area contributed by atoms with Crippen LogP contribution in [0.25, 0.3) is 0 Å². The zero-order valence-electron chi connectivity index (χ0n) is 6.37. The Morgan fingerprint density at radius 1 is 1.58 bits per heavy atom. The molecule has 0 heterocycles. The van der Waals surface area contributed by atoms with E-state index in [1.54, 1.807) is 12.3 Å². The first kappa shape index (κ1) is 9.54. The number of nitrogens with two attached hydrogens (primary N) is 1. The van der Waals surface area contributed by atoms with Gasteiger partial charge in [-0.3, -0.25) is 4.21 Å². The lowest BCUT2D eigenvalue weighted by Gasteiger charge is -2.03. The van der Waals surface area contributed by atoms with E-state index < -0.39 is 10.8 Å². The second-order valence-electron chi connectivity index (χ2n) is 2.30. The number of phenols is 1. The SMILES string of the molecule is CS(=O)c1cc(N)c(O)c(Br)c1. The normalized spacial score (nSPS) is 12.8. The number of anilines is 1. The number of hydrogen-bond donors (Lipinski definition) is 2. The van der Waals surface area contributed by atoms with Crippen molar-refractivity contribution in [2.45, 2.75) is 4.90 Å². The molecule has 0 aliphatic heterocycles. The molecule has 0 fully saturated rings. The van der Waals surface area contributed by atoms with Gasteiger partial charge in [0.25, 0.3) is 0 Å². The summed E-state index contributed by atoms with van der Waals surface area (Å²) in [6, 6.07) is 3.08. The second-order valence-corrected chi connectivity index (χ2v) is 4.53. The van der Waals surface area contributed by atoms with Crippen LogP contribution in [-0.4, -0.2) is 15.6 Å². The molecular formula is C7H8BrNO2S. The lowest BCUT2D eigenvalue weighted by Crippen LogP contribution is -1.92. The van der Waals surface area contributed by atoms with E-state index in [1.165, 1.54) is 6.07 Å². The van der Waals surface area contributed by atoms with Gasteiger partial charge in [0.1, 0.15) is 0 Å². The predicted molar refractivity (Wildman–Crippen MR) is 52.6 cm³/mol. The maximum Gasteiger partial charge on any atom is 0.152 e. The van der Waals surface area contributed by atoms with Crippen molar-refractivity contribution < 1.29 is 9.32 Å². The van der Waals surface area contributed by atoms with Crippen molar-refractivity contribution in [3.63, 3.8) is 0 Å². The Morgan fingerprint density at radius 3 is 2.58 bits per heavy atom. The van der Waals surface area contributed by atoms with Crippen LogP contribution in [0.15, 0.2) is 21.5 Å². The van der Waals surface area contributed by atoms with Crippen molar-refractivity contribution in [3.8, 4) is 5.75 Å². The monoisotopic (exact) mass is 249 g/mol. The third-order valence-electron chi connectivity index (χ3n) is 1.40. The van der Waals surface area contributed by atoms with Crippen LogP contribution in [0, 0.1) is 0 Å². The van der Waals surface area contributed by atoms with Gasteiger partial charge in [0.05, 0.1) is 10.2 Å². The van der Waals surface area contributed by atoms with Crippen LogP contribution in [0.4, 0.5) is 5.69 Å². The van der Waals surface area contributed by atoms with Crippen LogP contribution < -0.4 is 5.73 Å². The van der Waals surface area contributed by atoms with Gasteiger partial charge in [0.15, 0.2) is 5.75 Å². The Labute approximate surface area is 81.2 Å². The molecule has 1 atom stereocenters. The molecule has 0 bridgehead atoms. The highest BCUT2D eigenvalue weighted by Gasteiger charge is 2.06. The fourth-order valence-corrected chi connectivity index (χ4v) is 1.96. The minimum absolute atomic E-state index is 0.01000. The molecule has 1 unspecified atom stereocenters. The summed E-state index contributed by atoms with van der Waals surface area (Å²) in [5, 5.41) is 9.24. The maximum absolute atomic E-state index is 11.0. The van der Waals surface area contributed by atoms with E-state index in [4.69, 9.17) is 5.73 Å².